The van der Waals surface area contributed by atoms with Gasteiger partial charge in [-0.3, -0.25) is 4.55 Å². The summed E-state index contributed by atoms with van der Waals surface area (Å²) in [6.07, 6.45) is 0. The van der Waals surface area contributed by atoms with E-state index in [4.69, 9.17) is 4.55 Å². The molecule has 0 saturated heterocycles. The third-order valence-electron chi connectivity index (χ3n) is 2.21. The van der Waals surface area contributed by atoms with Crippen molar-refractivity contribution in [2.75, 3.05) is 0 Å². The van der Waals surface area contributed by atoms with Crippen LogP contribution in [0.3, 0.4) is 0 Å². The Hall–Kier alpha value is 1.97. The van der Waals surface area contributed by atoms with Crippen molar-refractivity contribution in [3.63, 3.8) is 0 Å². The van der Waals surface area contributed by atoms with Gasteiger partial charge in [-0.15, -0.1) is 0 Å². The van der Waals surface area contributed by atoms with Crippen molar-refractivity contribution in [1.82, 2.24) is 0 Å². The summed E-state index contributed by atoms with van der Waals surface area (Å²) in [6.45, 7) is 0. The van der Waals surface area contributed by atoms with Crippen molar-refractivity contribution < 1.29 is 23.9 Å². The van der Waals surface area contributed by atoms with E-state index in [2.05, 4.69) is 0 Å². The average molecular weight is 382 g/mol. The molecule has 0 aliphatic rings. The van der Waals surface area contributed by atoms with Crippen molar-refractivity contribution in [3.8, 4) is 0 Å². The zero-order valence-electron chi connectivity index (χ0n) is 9.87. The second-order valence-electron chi connectivity index (χ2n) is 3.49. The van der Waals surface area contributed by atoms with Crippen LogP contribution in [-0.4, -0.2) is 127 Å². The van der Waals surface area contributed by atoms with Gasteiger partial charge in [0.2, 0.25) is 0 Å². The zero-order valence-corrected chi connectivity index (χ0v) is 11.7. The Morgan fingerprint density at radius 1 is 0.762 bits per heavy atom. The molecule has 2 rings (SSSR count). The second-order valence-corrected chi connectivity index (χ2v) is 6.32. The molecular weight excluding hydrogens is 365 g/mol. The molecule has 0 amide bonds. The Balaban J connectivity index is -0.000000810. The molecule has 0 saturated carbocycles. The van der Waals surface area contributed by atoms with E-state index in [0.29, 0.717) is 8.58 Å². The summed E-state index contributed by atoms with van der Waals surface area (Å²) in [6, 6.07) is 16.2. The van der Waals surface area contributed by atoms with Crippen LogP contribution in [0.2, 0.25) is 0 Å². The van der Waals surface area contributed by atoms with Gasteiger partial charge in [0.25, 0.3) is 10.1 Å². The number of hydrogen-bond donors (Lipinski definition) is 1. The fourth-order valence-electron chi connectivity index (χ4n) is 1.40. The fourth-order valence-corrected chi connectivity index (χ4v) is 2.90. The van der Waals surface area contributed by atoms with E-state index in [-0.39, 0.29) is 119 Å². The molecule has 2 aromatic carbocycles. The van der Waals surface area contributed by atoms with Gasteiger partial charge in [0.1, 0.15) is 0 Å². The fraction of sp³-hybridized carbons (Fsp3) is 0. The van der Waals surface area contributed by atoms with Crippen LogP contribution >= 0.6 is 8.58 Å². The molecule has 0 bridgehead atoms. The summed E-state index contributed by atoms with van der Waals surface area (Å²) in [5, 5.41) is 2.22. The van der Waals surface area contributed by atoms with E-state index in [1.54, 1.807) is 12.1 Å². The maximum absolute atomic E-state index is 10.9. The summed E-state index contributed by atoms with van der Waals surface area (Å²) < 4.78 is 30.6. The number of rotatable bonds is 3. The molecule has 1 unspecified atom stereocenters. The first-order valence-electron chi connectivity index (χ1n) is 4.95. The Kier molecular flexibility index (Phi) is 17.6. The van der Waals surface area contributed by atoms with Crippen LogP contribution in [0.5, 0.6) is 0 Å². The van der Waals surface area contributed by atoms with Gasteiger partial charge in [-0.1, -0.05) is 51.0 Å². The molecule has 0 aliphatic heterocycles. The molecule has 5 N–H and O–H groups in total. The van der Waals surface area contributed by atoms with Gasteiger partial charge in [0.15, 0.2) is 0 Å². The molecule has 9 heteroatoms. The van der Waals surface area contributed by atoms with Crippen molar-refractivity contribution in [1.29, 1.82) is 0 Å². The van der Waals surface area contributed by atoms with Gasteiger partial charge < -0.3 is 11.0 Å². The topological polar surface area (TPSA) is 117 Å². The van der Waals surface area contributed by atoms with E-state index in [1.165, 1.54) is 17.4 Å². The maximum atomic E-state index is 10.9. The van der Waals surface area contributed by atoms with E-state index in [9.17, 15) is 8.42 Å². The van der Waals surface area contributed by atoms with Crippen molar-refractivity contribution in [3.05, 3.63) is 54.6 Å². The first-order chi connectivity index (χ1) is 8.05. The first kappa shape index (κ1) is 27.8. The molecule has 2 aromatic rings. The van der Waals surface area contributed by atoms with Crippen LogP contribution in [-0.2, 0) is 10.1 Å². The Morgan fingerprint density at radius 2 is 1.19 bits per heavy atom. The van der Waals surface area contributed by atoms with Gasteiger partial charge >= 0.3 is 103 Å². The molecule has 108 valence electrons. The second kappa shape index (κ2) is 13.3. The Bertz CT molecular complexity index is 605. The van der Waals surface area contributed by atoms with Crippen LogP contribution in [0, 0.1) is 0 Å². The van der Waals surface area contributed by atoms with Crippen LogP contribution in [0.1, 0.15) is 0 Å². The van der Waals surface area contributed by atoms with Gasteiger partial charge in [-0.25, -0.2) is 0 Å². The predicted octanol–water partition coefficient (Wildman–Crippen LogP) is -1.38. The Morgan fingerprint density at radius 3 is 1.62 bits per heavy atom. The summed E-state index contributed by atoms with van der Waals surface area (Å²) in [5.41, 5.74) is 0. The third-order valence-corrected chi connectivity index (χ3v) is 4.33. The summed E-state index contributed by atoms with van der Waals surface area (Å²) in [4.78, 5) is -0.0703. The molecule has 1 atom stereocenters. The zero-order chi connectivity index (χ0) is 12.3. The molecule has 0 fully saturated rings. The summed E-state index contributed by atoms with van der Waals surface area (Å²) >= 11 is 0. The van der Waals surface area contributed by atoms with Gasteiger partial charge in [-0.05, 0) is 22.7 Å². The molecule has 0 radical (unpaired) electrons. The van der Waals surface area contributed by atoms with Gasteiger partial charge in [-0.2, -0.15) is 8.42 Å². The van der Waals surface area contributed by atoms with Gasteiger partial charge in [0, 0.05) is 0 Å². The normalized spacial score (nSPS) is 9.76. The number of benzene rings is 2. The predicted molar refractivity (Wildman–Crippen MR) is 91.8 cm³/mol. The van der Waals surface area contributed by atoms with Gasteiger partial charge in [0.05, 0.1) is 4.90 Å². The average Bonchev–Trinajstić information content (AvgIpc) is 2.30. The third kappa shape index (κ3) is 9.76. The molecule has 0 heterocycles. The van der Waals surface area contributed by atoms with E-state index in [1.807, 2.05) is 30.3 Å². The van der Waals surface area contributed by atoms with Crippen LogP contribution in [0.25, 0.3) is 0 Å². The Labute approximate surface area is 211 Å². The standard InChI is InChI=1S/C12H11O3PS.2K.2H2O.2H/c13-17(14,15)12-8-6-11(7-9-12)16-10-4-2-1-3-5-10;;;;;;/h1-9,16H,(H,13,14,15);;;2*1H2;;. The van der Waals surface area contributed by atoms with Crippen molar-refractivity contribution in [2.24, 2.45) is 0 Å². The first-order valence-corrected chi connectivity index (χ1v) is 7.39. The van der Waals surface area contributed by atoms with Crippen LogP contribution in [0.15, 0.2) is 59.5 Å². The SMILES string of the molecule is O.O.O=S(=O)(O)c1ccc(Pc2ccccc2)cc1.[KH].[KH]. The summed E-state index contributed by atoms with van der Waals surface area (Å²) in [7, 11) is -3.61. The molecule has 0 aromatic heterocycles. The van der Waals surface area contributed by atoms with E-state index in [0.717, 1.165) is 5.30 Å². The minimum absolute atomic E-state index is 0. The quantitative estimate of drug-likeness (QED) is 0.400. The molecular formula is C12H17K2O5PS. The van der Waals surface area contributed by atoms with Crippen LogP contribution in [0.4, 0.5) is 0 Å². The monoisotopic (exact) mass is 382 g/mol. The van der Waals surface area contributed by atoms with E-state index < -0.39 is 10.1 Å². The number of hydrogen-bond acceptors (Lipinski definition) is 2. The minimum atomic E-state index is -4.09. The molecule has 0 aliphatic carbocycles. The van der Waals surface area contributed by atoms with Crippen LogP contribution < -0.4 is 10.6 Å². The molecule has 0 spiro atoms. The molecule has 5 nitrogen and oxygen atoms in total. The van der Waals surface area contributed by atoms with Crippen molar-refractivity contribution in [2.45, 2.75) is 4.90 Å². The molecule has 21 heavy (non-hydrogen) atoms. The summed E-state index contributed by atoms with van der Waals surface area (Å²) in [5.74, 6) is 0. The van der Waals surface area contributed by atoms with Crippen molar-refractivity contribution >= 4 is 132 Å². The van der Waals surface area contributed by atoms with E-state index >= 15 is 0 Å².